The molecule has 0 saturated heterocycles. The number of benzene rings is 10. The largest absolute Gasteiger partial charge is 0.228 e. The van der Waals surface area contributed by atoms with E-state index < -0.39 is 5.41 Å². The van der Waals surface area contributed by atoms with Crippen molar-refractivity contribution in [3.8, 4) is 56.0 Å². The van der Waals surface area contributed by atoms with Crippen molar-refractivity contribution in [2.75, 3.05) is 0 Å². The van der Waals surface area contributed by atoms with Crippen molar-refractivity contribution in [1.29, 1.82) is 0 Å². The van der Waals surface area contributed by atoms with Crippen LogP contribution in [0.25, 0.3) is 99.2 Å². The number of rotatable bonds is 3. The Bertz CT molecular complexity index is 3500. The van der Waals surface area contributed by atoms with Crippen LogP contribution in [0.4, 0.5) is 0 Å². The van der Waals surface area contributed by atoms with E-state index in [1.165, 1.54) is 82.4 Å². The molecule has 0 aliphatic heterocycles. The first kappa shape index (κ1) is 32.4. The normalized spacial score (nSPS) is 13.2. The fourth-order valence-corrected chi connectivity index (χ4v) is 10.7. The van der Waals surface area contributed by atoms with Crippen LogP contribution in [0.5, 0.6) is 0 Å². The minimum absolute atomic E-state index is 0.521. The topological polar surface area (TPSA) is 25.8 Å². The number of hydrogen-bond acceptors (Lipinski definition) is 2. The molecule has 0 saturated carbocycles. The Morgan fingerprint density at radius 1 is 0.305 bits per heavy atom. The van der Waals surface area contributed by atoms with E-state index in [2.05, 4.69) is 194 Å². The molecule has 0 radical (unpaired) electrons. The highest BCUT2D eigenvalue weighted by atomic mass is 14.9. The average molecular weight is 747 g/mol. The van der Waals surface area contributed by atoms with Crippen LogP contribution in [0.15, 0.2) is 206 Å². The smallest absolute Gasteiger partial charge is 0.160 e. The zero-order chi connectivity index (χ0) is 38.7. The van der Waals surface area contributed by atoms with Crippen molar-refractivity contribution in [3.05, 3.63) is 229 Å². The fourth-order valence-electron chi connectivity index (χ4n) is 10.7. The Kier molecular flexibility index (Phi) is 6.68. The summed E-state index contributed by atoms with van der Waals surface area (Å²) < 4.78 is 0. The Morgan fingerprint density at radius 3 is 1.51 bits per heavy atom. The summed E-state index contributed by atoms with van der Waals surface area (Å²) in [5.41, 5.74) is 16.5. The van der Waals surface area contributed by atoms with Crippen LogP contribution in [-0.4, -0.2) is 9.97 Å². The van der Waals surface area contributed by atoms with Gasteiger partial charge in [-0.15, -0.1) is 0 Å². The summed E-state index contributed by atoms with van der Waals surface area (Å²) in [7, 11) is 0. The van der Waals surface area contributed by atoms with Crippen LogP contribution in [0.2, 0.25) is 0 Å². The van der Waals surface area contributed by atoms with Gasteiger partial charge in [0.2, 0.25) is 0 Å². The molecule has 0 amide bonds. The van der Waals surface area contributed by atoms with Crippen molar-refractivity contribution in [2.45, 2.75) is 5.41 Å². The summed E-state index contributed by atoms with van der Waals surface area (Å²) in [6, 6.07) is 75.6. The molecule has 13 rings (SSSR count). The van der Waals surface area contributed by atoms with Crippen LogP contribution in [-0.2, 0) is 5.41 Å². The van der Waals surface area contributed by atoms with E-state index in [4.69, 9.17) is 9.97 Å². The second-order valence-electron chi connectivity index (χ2n) is 15.9. The number of fused-ring (bicyclic) bond motifs is 18. The average Bonchev–Trinajstić information content (AvgIpc) is 3.79. The maximum Gasteiger partial charge on any atom is 0.160 e. The van der Waals surface area contributed by atoms with Gasteiger partial charge in [-0.1, -0.05) is 194 Å². The van der Waals surface area contributed by atoms with Crippen LogP contribution in [0, 0.1) is 0 Å². The van der Waals surface area contributed by atoms with Crippen molar-refractivity contribution in [1.82, 2.24) is 9.97 Å². The van der Waals surface area contributed by atoms with E-state index >= 15 is 0 Å². The van der Waals surface area contributed by atoms with Crippen LogP contribution >= 0.6 is 0 Å². The molecule has 0 fully saturated rings. The fraction of sp³-hybridized carbons (Fsp3) is 0.0175. The predicted octanol–water partition coefficient (Wildman–Crippen LogP) is 14.4. The van der Waals surface area contributed by atoms with E-state index in [1.807, 2.05) is 12.1 Å². The third kappa shape index (κ3) is 4.35. The molecule has 10 aromatic carbocycles. The summed E-state index contributed by atoms with van der Waals surface area (Å²) >= 11 is 0. The monoisotopic (exact) mass is 746 g/mol. The summed E-state index contributed by atoms with van der Waals surface area (Å²) in [4.78, 5) is 10.3. The summed E-state index contributed by atoms with van der Waals surface area (Å²) in [6.07, 6.45) is 0. The van der Waals surface area contributed by atoms with Crippen LogP contribution < -0.4 is 0 Å². The van der Waals surface area contributed by atoms with Gasteiger partial charge in [0.25, 0.3) is 0 Å². The maximum absolute atomic E-state index is 5.19. The molecule has 2 aliphatic rings. The van der Waals surface area contributed by atoms with E-state index in [-0.39, 0.29) is 0 Å². The van der Waals surface area contributed by atoms with E-state index in [0.717, 1.165) is 39.1 Å². The summed E-state index contributed by atoms with van der Waals surface area (Å²) in [5.74, 6) is 0.722. The molecular weight excluding hydrogens is 713 g/mol. The number of nitrogens with zero attached hydrogens (tertiary/aromatic N) is 2. The lowest BCUT2D eigenvalue weighted by Crippen LogP contribution is -2.26. The van der Waals surface area contributed by atoms with E-state index in [0.29, 0.717) is 0 Å². The number of para-hydroxylation sites is 1. The van der Waals surface area contributed by atoms with Gasteiger partial charge in [0.05, 0.1) is 16.6 Å². The van der Waals surface area contributed by atoms with Crippen LogP contribution in [0.3, 0.4) is 0 Å². The van der Waals surface area contributed by atoms with Gasteiger partial charge < -0.3 is 0 Å². The maximum atomic E-state index is 5.19. The minimum Gasteiger partial charge on any atom is -0.228 e. The molecule has 59 heavy (non-hydrogen) atoms. The van der Waals surface area contributed by atoms with Crippen molar-refractivity contribution in [3.63, 3.8) is 0 Å². The second kappa shape index (κ2) is 12.2. The number of hydrogen-bond donors (Lipinski definition) is 0. The van der Waals surface area contributed by atoms with Gasteiger partial charge in [-0.3, -0.25) is 0 Å². The molecule has 0 N–H and O–H groups in total. The van der Waals surface area contributed by atoms with Gasteiger partial charge in [-0.2, -0.15) is 0 Å². The van der Waals surface area contributed by atoms with E-state index in [1.54, 1.807) is 0 Å². The highest BCUT2D eigenvalue weighted by Gasteiger charge is 2.53. The van der Waals surface area contributed by atoms with Crippen LogP contribution in [0.1, 0.15) is 22.3 Å². The molecule has 1 spiro atoms. The number of aromatic nitrogens is 2. The lowest BCUT2D eigenvalue weighted by atomic mass is 9.68. The first-order valence-electron chi connectivity index (χ1n) is 20.4. The second-order valence-corrected chi connectivity index (χ2v) is 15.9. The molecule has 1 aromatic heterocycles. The molecular formula is C57H34N2. The predicted molar refractivity (Wildman–Crippen MR) is 245 cm³/mol. The minimum atomic E-state index is -0.521. The molecule has 2 nitrogen and oxygen atoms in total. The van der Waals surface area contributed by atoms with Gasteiger partial charge in [-0.05, 0) is 100 Å². The Morgan fingerprint density at radius 2 is 0.814 bits per heavy atom. The first-order valence-corrected chi connectivity index (χ1v) is 20.4. The van der Waals surface area contributed by atoms with Gasteiger partial charge in [0.1, 0.15) is 0 Å². The quantitative estimate of drug-likeness (QED) is 0.168. The molecule has 0 atom stereocenters. The molecule has 2 heteroatoms. The molecule has 2 aliphatic carbocycles. The van der Waals surface area contributed by atoms with Gasteiger partial charge in [0, 0.05) is 16.5 Å². The molecule has 11 aromatic rings. The molecule has 1 heterocycles. The first-order chi connectivity index (χ1) is 29.3. The van der Waals surface area contributed by atoms with Crippen molar-refractivity contribution in [2.24, 2.45) is 0 Å². The third-order valence-corrected chi connectivity index (χ3v) is 13.1. The molecule has 0 bridgehead atoms. The SMILES string of the molecule is c1ccc(-c2nc(-c3ccc(-c4cc5c(c6ccccc46)-c4c(c6ccccc6c6ccccc46)C54c5ccccc5-c5ccccc54)cc3)nc3ccccc23)cc1. The Balaban J connectivity index is 1.10. The zero-order valence-corrected chi connectivity index (χ0v) is 32.0. The lowest BCUT2D eigenvalue weighted by molar-refractivity contribution is 0.803. The van der Waals surface area contributed by atoms with Gasteiger partial charge in [-0.25, -0.2) is 9.97 Å². The van der Waals surface area contributed by atoms with Gasteiger partial charge in [0.15, 0.2) is 5.82 Å². The Hall–Kier alpha value is -7.68. The zero-order valence-electron chi connectivity index (χ0n) is 32.0. The highest BCUT2D eigenvalue weighted by Crippen LogP contribution is 2.67. The highest BCUT2D eigenvalue weighted by molar-refractivity contribution is 6.24. The lowest BCUT2D eigenvalue weighted by Gasteiger charge is -2.32. The molecule has 0 unspecified atom stereocenters. The Labute approximate surface area is 341 Å². The van der Waals surface area contributed by atoms with Crippen molar-refractivity contribution < 1.29 is 0 Å². The standard InChI is InChI=1S/C57H34N2/c1-2-16-36(17-3-1)55-46-26-12-15-29-51(46)58-56(59-55)37-32-30-35(31-33-37)47-34-50-52(43-23-7-5-20-40(43)47)53-44-24-8-4-18-38(44)39-19-6-9-25-45(39)54(53)57(50)48-27-13-10-21-41(48)42-22-11-14-28-49(42)57/h1-34H. The third-order valence-electron chi connectivity index (χ3n) is 13.1. The van der Waals surface area contributed by atoms with E-state index in [9.17, 15) is 0 Å². The summed E-state index contributed by atoms with van der Waals surface area (Å²) in [5, 5.41) is 8.76. The molecule has 272 valence electrons. The van der Waals surface area contributed by atoms with Gasteiger partial charge >= 0.3 is 0 Å². The van der Waals surface area contributed by atoms with Crippen molar-refractivity contribution >= 4 is 43.2 Å². The summed E-state index contributed by atoms with van der Waals surface area (Å²) in [6.45, 7) is 0.